The molecule has 0 fully saturated rings. The number of nitrogens with zero attached hydrogens (tertiary/aromatic N) is 4. The van der Waals surface area contributed by atoms with Gasteiger partial charge in [-0.25, -0.2) is 19.3 Å². The van der Waals surface area contributed by atoms with Gasteiger partial charge in [0.2, 0.25) is 0 Å². The van der Waals surface area contributed by atoms with Gasteiger partial charge in [-0.15, -0.1) is 0 Å². The van der Waals surface area contributed by atoms with Crippen molar-refractivity contribution in [1.82, 2.24) is 19.1 Å². The van der Waals surface area contributed by atoms with Gasteiger partial charge in [-0.2, -0.15) is 0 Å². The molecule has 0 aliphatic carbocycles. The van der Waals surface area contributed by atoms with E-state index in [-0.39, 0.29) is 11.8 Å². The van der Waals surface area contributed by atoms with Gasteiger partial charge >= 0.3 is 6.09 Å². The highest BCUT2D eigenvalue weighted by Crippen LogP contribution is 2.29. The Morgan fingerprint density at radius 2 is 1.45 bits per heavy atom. The van der Waals surface area contributed by atoms with E-state index in [2.05, 4.69) is 88.8 Å². The molecule has 7 nitrogen and oxygen atoms in total. The molecular formula is C33H44N4O3. The van der Waals surface area contributed by atoms with Crippen LogP contribution in [0.15, 0.2) is 55.0 Å². The van der Waals surface area contributed by atoms with Gasteiger partial charge in [0.1, 0.15) is 18.4 Å². The standard InChI is InChI=1S/C18H24N2O2.C15H20N2O/c1-11(2)9-15-10-20(18(21)22)17(19-15)14(5)16-8-6-7-12(3)13(16)4;1-11-6-5-7-14(12(11)2)13(3)15-16-8-9-17(15)10-18-4/h6-8,10-11,14H,9H2,1-5H3,(H,21,22);5-9,13H,10H2,1-4H3. The molecule has 40 heavy (non-hydrogen) atoms. The van der Waals surface area contributed by atoms with E-state index < -0.39 is 6.09 Å². The fourth-order valence-corrected chi connectivity index (χ4v) is 5.13. The highest BCUT2D eigenvalue weighted by molar-refractivity contribution is 5.69. The molecule has 1 N–H and O–H groups in total. The molecule has 7 heteroatoms. The van der Waals surface area contributed by atoms with Crippen molar-refractivity contribution < 1.29 is 14.6 Å². The fraction of sp³-hybridized carbons (Fsp3) is 0.424. The Hall–Kier alpha value is -3.71. The van der Waals surface area contributed by atoms with Crippen LogP contribution in [0, 0.1) is 33.6 Å². The predicted molar refractivity (Wildman–Crippen MR) is 160 cm³/mol. The summed E-state index contributed by atoms with van der Waals surface area (Å²) in [4.78, 5) is 20.6. The molecule has 0 spiro atoms. The Labute approximate surface area is 238 Å². The lowest BCUT2D eigenvalue weighted by Gasteiger charge is -2.17. The second kappa shape index (κ2) is 13.6. The van der Waals surface area contributed by atoms with Crippen LogP contribution in [0.1, 0.15) is 90.3 Å². The second-order valence-corrected chi connectivity index (χ2v) is 11.0. The van der Waals surface area contributed by atoms with Crippen LogP contribution in [0.2, 0.25) is 0 Å². The second-order valence-electron chi connectivity index (χ2n) is 11.0. The molecule has 2 heterocycles. The van der Waals surface area contributed by atoms with Gasteiger partial charge in [-0.3, -0.25) is 0 Å². The number of aromatic nitrogens is 4. The maximum Gasteiger partial charge on any atom is 0.417 e. The molecule has 0 aliphatic heterocycles. The molecule has 0 aliphatic rings. The molecule has 4 aromatic rings. The minimum atomic E-state index is -0.977. The first-order valence-corrected chi connectivity index (χ1v) is 13.9. The monoisotopic (exact) mass is 544 g/mol. The number of hydrogen-bond acceptors (Lipinski definition) is 4. The Kier molecular flexibility index (Phi) is 10.5. The lowest BCUT2D eigenvalue weighted by molar-refractivity contribution is 0.128. The molecule has 0 radical (unpaired) electrons. The molecule has 2 aromatic heterocycles. The summed E-state index contributed by atoms with van der Waals surface area (Å²) in [6.45, 7) is 17.4. The van der Waals surface area contributed by atoms with E-state index in [0.717, 1.165) is 23.5 Å². The number of imidazole rings is 2. The van der Waals surface area contributed by atoms with Crippen molar-refractivity contribution in [3.63, 3.8) is 0 Å². The predicted octanol–water partition coefficient (Wildman–Crippen LogP) is 7.63. The zero-order valence-corrected chi connectivity index (χ0v) is 25.4. The minimum absolute atomic E-state index is 0.0584. The first kappa shape index (κ1) is 30.8. The van der Waals surface area contributed by atoms with Crippen molar-refractivity contribution in [2.75, 3.05) is 7.11 Å². The molecular weight excluding hydrogens is 500 g/mol. The Balaban J connectivity index is 0.000000225. The summed E-state index contributed by atoms with van der Waals surface area (Å²) in [5, 5.41) is 9.46. The smallest absolute Gasteiger partial charge is 0.417 e. The highest BCUT2D eigenvalue weighted by atomic mass is 16.5. The molecule has 4 rings (SSSR count). The van der Waals surface area contributed by atoms with Crippen LogP contribution in [0.25, 0.3) is 0 Å². The van der Waals surface area contributed by atoms with Crippen LogP contribution in [-0.2, 0) is 17.9 Å². The van der Waals surface area contributed by atoms with Crippen LogP contribution < -0.4 is 0 Å². The number of hydrogen-bond donors (Lipinski definition) is 1. The van der Waals surface area contributed by atoms with Crippen LogP contribution in [0.3, 0.4) is 0 Å². The van der Waals surface area contributed by atoms with Crippen molar-refractivity contribution in [1.29, 1.82) is 0 Å². The molecule has 0 amide bonds. The third-order valence-electron chi connectivity index (χ3n) is 7.62. The van der Waals surface area contributed by atoms with Crippen molar-refractivity contribution in [3.05, 3.63) is 106 Å². The van der Waals surface area contributed by atoms with E-state index in [1.807, 2.05) is 30.0 Å². The molecule has 2 unspecified atom stereocenters. The van der Waals surface area contributed by atoms with E-state index >= 15 is 0 Å². The number of rotatable bonds is 8. The first-order chi connectivity index (χ1) is 19.0. The SMILES string of the molecule is COCn1ccnc1C(C)c1cccc(C)c1C.Cc1cccc(C(C)c2nc(CC(C)C)cn2C(=O)O)c1C. The van der Waals surface area contributed by atoms with Gasteiger partial charge in [0.05, 0.1) is 5.69 Å². The molecule has 0 saturated carbocycles. The molecule has 2 aromatic carbocycles. The number of aryl methyl sites for hydroxylation is 2. The average Bonchev–Trinajstić information content (AvgIpc) is 3.54. The summed E-state index contributed by atoms with van der Waals surface area (Å²) in [5.41, 5.74) is 8.37. The van der Waals surface area contributed by atoms with Gasteiger partial charge in [0, 0.05) is 37.5 Å². The quantitative estimate of drug-likeness (QED) is 0.247. The van der Waals surface area contributed by atoms with Gasteiger partial charge in [0.25, 0.3) is 0 Å². The first-order valence-electron chi connectivity index (χ1n) is 13.9. The van der Waals surface area contributed by atoms with Crippen molar-refractivity contribution in [3.8, 4) is 0 Å². The number of carbonyl (C=O) groups is 1. The van der Waals surface area contributed by atoms with Crippen molar-refractivity contribution in [2.45, 2.75) is 80.4 Å². The van der Waals surface area contributed by atoms with Crippen LogP contribution in [-0.4, -0.2) is 37.4 Å². The number of ether oxygens (including phenoxy) is 1. The van der Waals surface area contributed by atoms with Gasteiger partial charge in [-0.1, -0.05) is 64.1 Å². The van der Waals surface area contributed by atoms with Crippen molar-refractivity contribution >= 4 is 6.09 Å². The van der Waals surface area contributed by atoms with Gasteiger partial charge in [0.15, 0.2) is 0 Å². The van der Waals surface area contributed by atoms with Crippen molar-refractivity contribution in [2.24, 2.45) is 5.92 Å². The van der Waals surface area contributed by atoms with E-state index in [4.69, 9.17) is 4.74 Å². The average molecular weight is 545 g/mol. The maximum atomic E-state index is 11.5. The van der Waals surface area contributed by atoms with E-state index in [1.165, 1.54) is 32.4 Å². The minimum Gasteiger partial charge on any atom is -0.464 e. The van der Waals surface area contributed by atoms with Gasteiger partial charge in [-0.05, 0) is 73.4 Å². The summed E-state index contributed by atoms with van der Waals surface area (Å²) < 4.78 is 8.51. The lowest BCUT2D eigenvalue weighted by Crippen LogP contribution is -2.14. The van der Waals surface area contributed by atoms with E-state index in [9.17, 15) is 9.90 Å². The summed E-state index contributed by atoms with van der Waals surface area (Å²) in [6.07, 6.45) is 5.25. The largest absolute Gasteiger partial charge is 0.464 e. The molecule has 2 atom stereocenters. The summed E-state index contributed by atoms with van der Waals surface area (Å²) in [7, 11) is 1.70. The third-order valence-corrected chi connectivity index (χ3v) is 7.62. The normalized spacial score (nSPS) is 12.7. The summed E-state index contributed by atoms with van der Waals surface area (Å²) >= 11 is 0. The Morgan fingerprint density at radius 3 is 1.95 bits per heavy atom. The summed E-state index contributed by atoms with van der Waals surface area (Å²) in [5.74, 6) is 2.30. The number of methoxy groups -OCH3 is 1. The lowest BCUT2D eigenvalue weighted by atomic mass is 9.93. The molecule has 0 saturated heterocycles. The zero-order chi connectivity index (χ0) is 29.6. The fourth-order valence-electron chi connectivity index (χ4n) is 5.13. The van der Waals surface area contributed by atoms with E-state index in [1.54, 1.807) is 13.3 Å². The zero-order valence-electron chi connectivity index (χ0n) is 25.4. The van der Waals surface area contributed by atoms with Gasteiger partial charge < -0.3 is 14.4 Å². The maximum absolute atomic E-state index is 11.5. The van der Waals surface area contributed by atoms with Crippen LogP contribution >= 0.6 is 0 Å². The van der Waals surface area contributed by atoms with Crippen LogP contribution in [0.4, 0.5) is 4.79 Å². The Morgan fingerprint density at radius 1 is 0.900 bits per heavy atom. The van der Waals surface area contributed by atoms with E-state index in [0.29, 0.717) is 18.5 Å². The summed E-state index contributed by atoms with van der Waals surface area (Å²) in [6, 6.07) is 12.6. The third kappa shape index (κ3) is 7.07. The number of benzene rings is 2. The molecule has 0 bridgehead atoms. The topological polar surface area (TPSA) is 82.2 Å². The van der Waals surface area contributed by atoms with Crippen LogP contribution in [0.5, 0.6) is 0 Å². The molecule has 214 valence electrons. The Bertz CT molecular complexity index is 1430. The highest BCUT2D eigenvalue weighted by Gasteiger charge is 2.22. The number of carboxylic acid groups (broad SMARTS) is 1.